The summed E-state index contributed by atoms with van der Waals surface area (Å²) in [6.07, 6.45) is -1.63. The van der Waals surface area contributed by atoms with Gasteiger partial charge in [-0.15, -0.1) is 0 Å². The average Bonchev–Trinajstić information content (AvgIpc) is 3.52. The number of aliphatic hydroxyl groups is 4. The van der Waals surface area contributed by atoms with Crippen LogP contribution in [0.1, 0.15) is 51.2 Å². The van der Waals surface area contributed by atoms with Crippen LogP contribution in [0.4, 0.5) is 0 Å². The van der Waals surface area contributed by atoms with E-state index in [4.69, 9.17) is 23.4 Å². The third kappa shape index (κ3) is 4.11. The van der Waals surface area contributed by atoms with Gasteiger partial charge in [0.2, 0.25) is 0 Å². The zero-order valence-electron chi connectivity index (χ0n) is 21.7. The van der Waals surface area contributed by atoms with Gasteiger partial charge >= 0.3 is 11.9 Å². The fourth-order valence-electron chi connectivity index (χ4n) is 7.39. The SMILES string of the molecule is COC(=O)[C@@H]1C[C@H]2OC(=O)C3=CCC[C@@H]([C@]1(C)C[C@H](O[C@@H]1O[C@H](CO)[C@@H](O)[C@@H](O)[C@H]1O)c1ccoc1)[C@]32C. The Kier molecular flexibility index (Phi) is 7.21. The van der Waals surface area contributed by atoms with E-state index in [1.807, 2.05) is 19.9 Å². The minimum Gasteiger partial charge on any atom is -0.472 e. The number of carbonyl (C=O) groups is 2. The number of esters is 2. The topological polar surface area (TPSA) is 165 Å². The van der Waals surface area contributed by atoms with Crippen LogP contribution in [0.2, 0.25) is 0 Å². The lowest BCUT2D eigenvalue weighted by Crippen LogP contribution is -2.60. The molecule has 3 heterocycles. The molecule has 0 bridgehead atoms. The normalized spacial score (nSPS) is 43.1. The average molecular weight is 537 g/mol. The van der Waals surface area contributed by atoms with E-state index < -0.39 is 72.2 Å². The van der Waals surface area contributed by atoms with E-state index in [0.29, 0.717) is 17.6 Å². The van der Waals surface area contributed by atoms with Gasteiger partial charge in [0.1, 0.15) is 30.5 Å². The van der Waals surface area contributed by atoms with Crippen LogP contribution in [-0.4, -0.2) is 82.9 Å². The highest BCUT2D eigenvalue weighted by Crippen LogP contribution is 2.66. The Bertz CT molecular complexity index is 1070. The van der Waals surface area contributed by atoms with Gasteiger partial charge < -0.3 is 43.8 Å². The van der Waals surface area contributed by atoms with Crippen molar-refractivity contribution in [1.29, 1.82) is 0 Å². The van der Waals surface area contributed by atoms with E-state index >= 15 is 0 Å². The van der Waals surface area contributed by atoms with Gasteiger partial charge in [-0.05, 0) is 43.1 Å². The lowest BCUT2D eigenvalue weighted by atomic mass is 9.46. The molecule has 0 amide bonds. The Hall–Kier alpha value is -2.28. The fourth-order valence-corrected chi connectivity index (χ4v) is 7.39. The van der Waals surface area contributed by atoms with Crippen LogP contribution in [0.25, 0.3) is 0 Å². The molecule has 210 valence electrons. The molecular formula is C27H36O11. The third-order valence-electron chi connectivity index (χ3n) is 9.46. The molecule has 2 saturated heterocycles. The third-order valence-corrected chi connectivity index (χ3v) is 9.46. The number of ether oxygens (including phenoxy) is 4. The summed E-state index contributed by atoms with van der Waals surface area (Å²) in [7, 11) is 1.33. The first kappa shape index (κ1) is 27.3. The highest BCUT2D eigenvalue weighted by atomic mass is 16.7. The molecule has 11 nitrogen and oxygen atoms in total. The second-order valence-corrected chi connectivity index (χ2v) is 11.3. The molecule has 0 spiro atoms. The van der Waals surface area contributed by atoms with Crippen molar-refractivity contribution in [3.63, 3.8) is 0 Å². The van der Waals surface area contributed by atoms with Crippen LogP contribution in [0.5, 0.6) is 0 Å². The molecule has 1 saturated carbocycles. The van der Waals surface area contributed by atoms with Crippen LogP contribution in [0.3, 0.4) is 0 Å². The van der Waals surface area contributed by atoms with Crippen molar-refractivity contribution in [3.8, 4) is 0 Å². The number of hydrogen-bond acceptors (Lipinski definition) is 11. The number of furan rings is 1. The lowest BCUT2D eigenvalue weighted by Gasteiger charge is -2.57. The van der Waals surface area contributed by atoms with Crippen molar-refractivity contribution < 1.29 is 53.4 Å². The maximum Gasteiger partial charge on any atom is 0.334 e. The van der Waals surface area contributed by atoms with Gasteiger partial charge in [-0.25, -0.2) is 4.79 Å². The number of carbonyl (C=O) groups excluding carboxylic acids is 2. The largest absolute Gasteiger partial charge is 0.472 e. The molecule has 11 heteroatoms. The lowest BCUT2D eigenvalue weighted by molar-refractivity contribution is -0.315. The van der Waals surface area contributed by atoms with E-state index in [2.05, 4.69) is 0 Å². The van der Waals surface area contributed by atoms with E-state index in [1.54, 1.807) is 6.07 Å². The maximum atomic E-state index is 13.2. The minimum atomic E-state index is -1.60. The van der Waals surface area contributed by atoms with Crippen LogP contribution in [0, 0.1) is 22.7 Å². The summed E-state index contributed by atoms with van der Waals surface area (Å²) in [5.74, 6) is -1.52. The van der Waals surface area contributed by atoms with Gasteiger partial charge in [0, 0.05) is 16.6 Å². The smallest absolute Gasteiger partial charge is 0.334 e. The molecule has 2 aliphatic heterocycles. The quantitative estimate of drug-likeness (QED) is 0.367. The Morgan fingerprint density at radius 3 is 2.63 bits per heavy atom. The van der Waals surface area contributed by atoms with E-state index in [1.165, 1.54) is 19.6 Å². The van der Waals surface area contributed by atoms with Crippen LogP contribution >= 0.6 is 0 Å². The summed E-state index contributed by atoms with van der Waals surface area (Å²) >= 11 is 0. The second-order valence-electron chi connectivity index (χ2n) is 11.3. The van der Waals surface area contributed by atoms with Gasteiger partial charge in [0.25, 0.3) is 0 Å². The summed E-state index contributed by atoms with van der Waals surface area (Å²) in [5.41, 5.74) is -0.0898. The summed E-state index contributed by atoms with van der Waals surface area (Å²) in [6.45, 7) is 3.43. The second kappa shape index (κ2) is 10.0. The number of rotatable bonds is 7. The molecule has 4 aliphatic rings. The molecule has 2 aliphatic carbocycles. The maximum absolute atomic E-state index is 13.2. The number of allylic oxidation sites excluding steroid dienone is 1. The van der Waals surface area contributed by atoms with Crippen LogP contribution in [-0.2, 0) is 28.5 Å². The highest BCUT2D eigenvalue weighted by molar-refractivity contribution is 5.93. The number of aliphatic hydroxyl groups excluding tert-OH is 4. The molecule has 4 N–H and O–H groups in total. The number of methoxy groups -OCH3 is 1. The molecular weight excluding hydrogens is 500 g/mol. The van der Waals surface area contributed by atoms with Crippen molar-refractivity contribution in [2.75, 3.05) is 13.7 Å². The van der Waals surface area contributed by atoms with Crippen LogP contribution < -0.4 is 0 Å². The molecule has 0 radical (unpaired) electrons. The summed E-state index contributed by atoms with van der Waals surface area (Å²) < 4.78 is 28.2. The number of hydrogen-bond donors (Lipinski definition) is 4. The van der Waals surface area contributed by atoms with Gasteiger partial charge in [0.15, 0.2) is 6.29 Å². The first-order valence-corrected chi connectivity index (χ1v) is 13.0. The van der Waals surface area contributed by atoms with Crippen LogP contribution in [0.15, 0.2) is 34.7 Å². The summed E-state index contributed by atoms with van der Waals surface area (Å²) in [5, 5.41) is 40.8. The molecule has 11 atom stereocenters. The Labute approximate surface area is 220 Å². The molecule has 38 heavy (non-hydrogen) atoms. The molecule has 1 aromatic rings. The summed E-state index contributed by atoms with van der Waals surface area (Å²) in [4.78, 5) is 26.0. The zero-order valence-corrected chi connectivity index (χ0v) is 21.7. The van der Waals surface area contributed by atoms with Gasteiger partial charge in [0.05, 0.1) is 38.3 Å². The van der Waals surface area contributed by atoms with Crippen molar-refractivity contribution in [2.24, 2.45) is 22.7 Å². The predicted molar refractivity (Wildman–Crippen MR) is 128 cm³/mol. The highest BCUT2D eigenvalue weighted by Gasteiger charge is 2.67. The van der Waals surface area contributed by atoms with Crippen molar-refractivity contribution in [1.82, 2.24) is 0 Å². The van der Waals surface area contributed by atoms with Gasteiger partial charge in [-0.1, -0.05) is 19.9 Å². The first-order valence-electron chi connectivity index (χ1n) is 13.0. The Balaban J connectivity index is 1.52. The monoisotopic (exact) mass is 536 g/mol. The fraction of sp³-hybridized carbons (Fsp3) is 0.704. The molecule has 3 fully saturated rings. The Morgan fingerprint density at radius 1 is 1.21 bits per heavy atom. The van der Waals surface area contributed by atoms with Gasteiger partial charge in [-0.3, -0.25) is 4.79 Å². The first-order chi connectivity index (χ1) is 18.1. The molecule has 0 unspecified atom stereocenters. The molecule has 0 aromatic carbocycles. The molecule has 1 aromatic heterocycles. The summed E-state index contributed by atoms with van der Waals surface area (Å²) in [6, 6.07) is 1.70. The van der Waals surface area contributed by atoms with Crippen molar-refractivity contribution >= 4 is 11.9 Å². The predicted octanol–water partition coefficient (Wildman–Crippen LogP) is 0.995. The van der Waals surface area contributed by atoms with Crippen molar-refractivity contribution in [3.05, 3.63) is 35.8 Å². The molecule has 5 rings (SSSR count). The van der Waals surface area contributed by atoms with E-state index in [0.717, 1.165) is 6.42 Å². The van der Waals surface area contributed by atoms with E-state index in [-0.39, 0.29) is 24.7 Å². The zero-order chi connectivity index (χ0) is 27.4. The standard InChI is InChI=1S/C27H36O11/c1-26(15(23(32)34-3)9-19-27(2)14(24(33)38-19)5-4-6-18(26)27)10-16(13-7-8-35-12-13)36-25-22(31)21(30)20(29)17(11-28)37-25/h5,7-8,12,15-22,25,28-31H,4,6,9-11H2,1-3H3/t15-,16-,17+,18-,19+,20+,21+,22+,25+,26+,27-/m0/s1. The van der Waals surface area contributed by atoms with Crippen molar-refractivity contribution in [2.45, 2.75) is 82.4 Å². The van der Waals surface area contributed by atoms with E-state index in [9.17, 15) is 30.0 Å². The van der Waals surface area contributed by atoms with Gasteiger partial charge in [-0.2, -0.15) is 0 Å². The Morgan fingerprint density at radius 2 is 1.97 bits per heavy atom. The minimum absolute atomic E-state index is 0.142.